The van der Waals surface area contributed by atoms with Gasteiger partial charge in [0.15, 0.2) is 23.1 Å². The number of ether oxygens (including phenoxy) is 4. The zero-order valence-corrected chi connectivity index (χ0v) is 40.3. The molecule has 374 valence electrons. The summed E-state index contributed by atoms with van der Waals surface area (Å²) in [6.07, 6.45) is 11.7. The van der Waals surface area contributed by atoms with Gasteiger partial charge in [0.2, 0.25) is 0 Å². The minimum Gasteiger partial charge on any atom is -0.492 e. The van der Waals surface area contributed by atoms with Crippen molar-refractivity contribution >= 4 is 34.6 Å². The van der Waals surface area contributed by atoms with Crippen molar-refractivity contribution in [1.82, 2.24) is 40.4 Å². The summed E-state index contributed by atoms with van der Waals surface area (Å²) in [4.78, 5) is 48.9. The Morgan fingerprint density at radius 1 is 0.694 bits per heavy atom. The molecule has 6 N–H and O–H groups in total. The van der Waals surface area contributed by atoms with Crippen molar-refractivity contribution in [3.63, 3.8) is 0 Å². The van der Waals surface area contributed by atoms with E-state index in [1.807, 2.05) is 12.1 Å². The van der Waals surface area contributed by atoms with Crippen molar-refractivity contribution in [2.24, 2.45) is 5.92 Å². The van der Waals surface area contributed by atoms with Gasteiger partial charge in [-0.05, 0) is 87.5 Å². The number of nitrogens with one attached hydrogen (secondary N) is 6. The monoisotopic (exact) mass is 980 g/mol. The average molecular weight is 981 g/mol. The summed E-state index contributed by atoms with van der Waals surface area (Å²) in [5.41, 5.74) is 6.98. The molecule has 16 nitrogen and oxygen atoms in total. The van der Waals surface area contributed by atoms with Gasteiger partial charge in [0.05, 0.1) is 64.8 Å². The van der Waals surface area contributed by atoms with Crippen LogP contribution < -0.4 is 40.2 Å². The van der Waals surface area contributed by atoms with E-state index in [2.05, 4.69) is 57.9 Å². The number of fused-ring (bicyclic) bond motifs is 8. The zero-order chi connectivity index (χ0) is 49.0. The lowest BCUT2D eigenvalue weighted by Crippen LogP contribution is -2.39. The number of rotatable bonds is 7. The third kappa shape index (κ3) is 8.42. The predicted octanol–water partition coefficient (Wildman–Crippen LogP) is 8.47. The van der Waals surface area contributed by atoms with Crippen molar-refractivity contribution in [3.05, 3.63) is 107 Å². The van der Waals surface area contributed by atoms with E-state index in [1.165, 1.54) is 19.2 Å². The number of aromatic amines is 2. The molecule has 0 aliphatic carbocycles. The smallest absolute Gasteiger partial charge is 0.255 e. The third-order valence-electron chi connectivity index (χ3n) is 15.5. The Hall–Kier alpha value is -7.18. The fraction of sp³-hybridized carbons (Fsp3) is 0.407. The maximum atomic E-state index is 16.5. The van der Waals surface area contributed by atoms with Gasteiger partial charge in [-0.15, -0.1) is 0 Å². The minimum absolute atomic E-state index is 0.0246. The summed E-state index contributed by atoms with van der Waals surface area (Å²) in [6, 6.07) is 13.4. The standard InChI is InChI=1S/C54H58F2N10O6/c1-29-19-31-22-60-54(68)44-46(31)64-48(50(44)61-39-11-3-9-37(55)51(39)69-2)36-14-16-58-24-42(36)71-28-33-20-34(26-66(33)25-29)72-52-38(56)10-4-12-40(52)62-49-43-45-30(21-59-53(43)67)7-5-17-65-18-6-8-32(65)27-70-41-23-57-15-13-35(41)47(49)63-45/h3-4,9-16,23-24,29-34,61-64H,5-8,17-22,25-28H2,1-2H3,(H,59,67)(H,60,68)/t29-,30-,31+,32+,33+,34?/m1/s1. The van der Waals surface area contributed by atoms with Gasteiger partial charge >= 0.3 is 0 Å². The Balaban J connectivity index is 0.855. The average Bonchev–Trinajstić information content (AvgIpc) is 4.18. The highest BCUT2D eigenvalue weighted by molar-refractivity contribution is 6.08. The lowest BCUT2D eigenvalue weighted by Gasteiger charge is -2.30. The van der Waals surface area contributed by atoms with E-state index in [9.17, 15) is 9.59 Å². The molecule has 4 bridgehead atoms. The Morgan fingerprint density at radius 3 is 1.93 bits per heavy atom. The number of aromatic nitrogens is 4. The van der Waals surface area contributed by atoms with E-state index in [4.69, 9.17) is 18.9 Å². The normalized spacial score (nSPS) is 24.0. The van der Waals surface area contributed by atoms with Gasteiger partial charge in [0, 0.05) is 91.4 Å². The summed E-state index contributed by atoms with van der Waals surface area (Å²) >= 11 is 0. The number of amides is 2. The summed E-state index contributed by atoms with van der Waals surface area (Å²) in [6.45, 7) is 7.12. The lowest BCUT2D eigenvalue weighted by atomic mass is 9.88. The fourth-order valence-electron chi connectivity index (χ4n) is 12.1. The first-order valence-electron chi connectivity index (χ1n) is 25.2. The van der Waals surface area contributed by atoms with Crippen LogP contribution in [0.3, 0.4) is 0 Å². The molecule has 6 atom stereocenters. The Morgan fingerprint density at radius 2 is 1.28 bits per heavy atom. The first-order valence-corrected chi connectivity index (χ1v) is 25.2. The SMILES string of the molecule is COc1c(F)cccc1Nc1c2[nH]c3c1C(=O)NC[C@@H]3C[C@@H](C)CN1CC(Oc3c(F)cccc3Nc3c4[nH]c5c3C(=O)NC[C@H]5CCCN3CCC[C@H]3COc3cnccc3-4)C[C@H]1COc1cnccc1-2. The number of hydrogen-bond acceptors (Lipinski definition) is 12. The molecule has 6 aliphatic heterocycles. The number of pyridine rings is 2. The van der Waals surface area contributed by atoms with Crippen LogP contribution in [0.1, 0.15) is 89.4 Å². The van der Waals surface area contributed by atoms with Crippen molar-refractivity contribution in [1.29, 1.82) is 0 Å². The number of carbonyl (C=O) groups excluding carboxylic acids is 2. The van der Waals surface area contributed by atoms with Gasteiger partial charge in [-0.2, -0.15) is 0 Å². The zero-order valence-electron chi connectivity index (χ0n) is 40.3. The molecule has 2 saturated heterocycles. The minimum atomic E-state index is -0.539. The molecule has 2 amide bonds. The van der Waals surface area contributed by atoms with Crippen LogP contribution in [0.25, 0.3) is 22.5 Å². The van der Waals surface area contributed by atoms with E-state index < -0.39 is 17.7 Å². The summed E-state index contributed by atoms with van der Waals surface area (Å²) in [5, 5.41) is 13.2. The number of para-hydroxylation sites is 2. The Labute approximate surface area is 415 Å². The molecule has 0 radical (unpaired) electrons. The first-order chi connectivity index (χ1) is 35.2. The molecule has 4 aromatic heterocycles. The molecule has 2 aromatic carbocycles. The summed E-state index contributed by atoms with van der Waals surface area (Å²) < 4.78 is 57.0. The second-order valence-corrected chi connectivity index (χ2v) is 20.1. The van der Waals surface area contributed by atoms with E-state index in [0.717, 1.165) is 62.1 Å². The predicted molar refractivity (Wildman–Crippen MR) is 267 cm³/mol. The number of halogens is 2. The maximum absolute atomic E-state index is 16.5. The number of carbonyl (C=O) groups is 2. The molecular weight excluding hydrogens is 923 g/mol. The molecule has 10 heterocycles. The number of hydrogen-bond donors (Lipinski definition) is 6. The number of methoxy groups -OCH3 is 1. The summed E-state index contributed by atoms with van der Waals surface area (Å²) in [7, 11) is 1.41. The van der Waals surface area contributed by atoms with Gasteiger partial charge < -0.3 is 50.2 Å². The molecule has 72 heavy (non-hydrogen) atoms. The van der Waals surface area contributed by atoms with Gasteiger partial charge in [-0.3, -0.25) is 29.4 Å². The number of benzene rings is 2. The molecule has 18 heteroatoms. The van der Waals surface area contributed by atoms with Crippen LogP contribution in [0.15, 0.2) is 73.3 Å². The lowest BCUT2D eigenvalue weighted by molar-refractivity contribution is 0.0929. The van der Waals surface area contributed by atoms with Crippen molar-refractivity contribution < 1.29 is 37.3 Å². The van der Waals surface area contributed by atoms with Gasteiger partial charge in [-0.1, -0.05) is 19.1 Å². The van der Waals surface area contributed by atoms with Crippen LogP contribution in [0.4, 0.5) is 31.5 Å². The van der Waals surface area contributed by atoms with Crippen molar-refractivity contribution in [3.8, 4) is 45.5 Å². The molecule has 0 saturated carbocycles. The third-order valence-corrected chi connectivity index (χ3v) is 15.5. The molecule has 12 rings (SSSR count). The van der Waals surface area contributed by atoms with E-state index in [-0.39, 0.29) is 53.7 Å². The van der Waals surface area contributed by atoms with E-state index in [0.29, 0.717) is 108 Å². The van der Waals surface area contributed by atoms with Gasteiger partial charge in [-0.25, -0.2) is 8.78 Å². The van der Waals surface area contributed by atoms with Crippen molar-refractivity contribution in [2.45, 2.75) is 75.5 Å². The highest BCUT2D eigenvalue weighted by Crippen LogP contribution is 2.48. The van der Waals surface area contributed by atoms with Crippen LogP contribution in [0.2, 0.25) is 0 Å². The van der Waals surface area contributed by atoms with Gasteiger partial charge in [0.25, 0.3) is 11.8 Å². The largest absolute Gasteiger partial charge is 0.492 e. The number of H-pyrrole nitrogens is 2. The van der Waals surface area contributed by atoms with E-state index in [1.54, 1.807) is 49.1 Å². The molecule has 6 aromatic rings. The first kappa shape index (κ1) is 45.9. The quantitative estimate of drug-likeness (QED) is 0.0899. The highest BCUT2D eigenvalue weighted by atomic mass is 19.1. The van der Waals surface area contributed by atoms with E-state index >= 15 is 8.78 Å². The fourth-order valence-corrected chi connectivity index (χ4v) is 12.1. The molecule has 0 spiro atoms. The second kappa shape index (κ2) is 19.1. The Kier molecular flexibility index (Phi) is 12.2. The molecule has 1 unspecified atom stereocenters. The second-order valence-electron chi connectivity index (χ2n) is 20.1. The van der Waals surface area contributed by atoms with Gasteiger partial charge in [0.1, 0.15) is 30.8 Å². The van der Waals surface area contributed by atoms with Crippen molar-refractivity contribution in [2.75, 3.05) is 70.2 Å². The summed E-state index contributed by atoms with van der Waals surface area (Å²) in [5.74, 6) is -0.257. The molecule has 6 aliphatic rings. The number of anilines is 4. The highest BCUT2D eigenvalue weighted by Gasteiger charge is 2.40. The van der Waals surface area contributed by atoms with Crippen LogP contribution in [0, 0.1) is 17.6 Å². The van der Waals surface area contributed by atoms with Crippen LogP contribution in [-0.2, 0) is 0 Å². The van der Waals surface area contributed by atoms with Crippen LogP contribution in [-0.4, -0.2) is 119 Å². The topological polar surface area (TPSA) is 183 Å². The number of nitrogens with zero attached hydrogens (tertiary/aromatic N) is 4. The molecule has 2 fully saturated rings. The Bertz CT molecular complexity index is 3050. The van der Waals surface area contributed by atoms with Crippen LogP contribution in [0.5, 0.6) is 23.0 Å². The molecular formula is C54H58F2N10O6. The van der Waals surface area contributed by atoms with Crippen LogP contribution >= 0.6 is 0 Å². The maximum Gasteiger partial charge on any atom is 0.255 e.